The lowest BCUT2D eigenvalue weighted by Crippen LogP contribution is -2.04. The molecule has 0 fully saturated rings. The van der Waals surface area contributed by atoms with E-state index >= 15 is 0 Å². The van der Waals surface area contributed by atoms with Crippen LogP contribution >= 0.6 is 15.9 Å². The van der Waals surface area contributed by atoms with Crippen molar-refractivity contribution in [3.8, 4) is 0 Å². The molecule has 20 heavy (non-hydrogen) atoms. The maximum atomic E-state index is 12.7. The molecule has 2 rings (SSSR count). The van der Waals surface area contributed by atoms with Gasteiger partial charge in [0.1, 0.15) is 0 Å². The number of alkyl halides is 1. The Morgan fingerprint density at radius 2 is 2.25 bits per heavy atom. The molecule has 2 aromatic rings. The molecule has 0 spiro atoms. The molecular weight excluding hydrogens is 334 g/mol. The SMILES string of the molecule is C=C/C=C(\C=C/C)S(=O)n1ccc2c(CBr)cccc21. The summed E-state index contributed by atoms with van der Waals surface area (Å²) in [7, 11) is -1.27. The van der Waals surface area contributed by atoms with E-state index in [2.05, 4.69) is 28.6 Å². The van der Waals surface area contributed by atoms with Gasteiger partial charge in [0, 0.05) is 16.9 Å². The molecule has 1 unspecified atom stereocenters. The number of hydrogen-bond acceptors (Lipinski definition) is 1. The second kappa shape index (κ2) is 6.86. The fraction of sp³-hybridized carbons (Fsp3) is 0.125. The van der Waals surface area contributed by atoms with Gasteiger partial charge in [0.15, 0.2) is 11.0 Å². The van der Waals surface area contributed by atoms with Gasteiger partial charge in [-0.3, -0.25) is 3.97 Å². The van der Waals surface area contributed by atoms with Gasteiger partial charge in [-0.1, -0.05) is 46.8 Å². The number of aromatic nitrogens is 1. The summed E-state index contributed by atoms with van der Waals surface area (Å²) < 4.78 is 14.5. The molecule has 2 nitrogen and oxygen atoms in total. The first-order chi connectivity index (χ1) is 9.72. The first-order valence-corrected chi connectivity index (χ1v) is 8.48. The van der Waals surface area contributed by atoms with Gasteiger partial charge in [0.05, 0.1) is 10.4 Å². The van der Waals surface area contributed by atoms with Gasteiger partial charge in [-0.15, -0.1) is 0 Å². The number of fused-ring (bicyclic) bond motifs is 1. The van der Waals surface area contributed by atoms with E-state index in [0.717, 1.165) is 21.1 Å². The average Bonchev–Trinajstić information content (AvgIpc) is 2.90. The van der Waals surface area contributed by atoms with E-state index in [1.807, 2.05) is 43.5 Å². The number of halogens is 1. The smallest absolute Gasteiger partial charge is 0.157 e. The predicted molar refractivity (Wildman–Crippen MR) is 91.2 cm³/mol. The van der Waals surface area contributed by atoms with Gasteiger partial charge in [0.2, 0.25) is 0 Å². The van der Waals surface area contributed by atoms with E-state index in [4.69, 9.17) is 0 Å². The third-order valence-corrected chi connectivity index (χ3v) is 4.88. The molecule has 0 aliphatic heterocycles. The fourth-order valence-corrected chi connectivity index (χ4v) is 3.72. The van der Waals surface area contributed by atoms with Crippen LogP contribution in [0.1, 0.15) is 12.5 Å². The van der Waals surface area contributed by atoms with Crippen LogP contribution in [0.4, 0.5) is 0 Å². The zero-order valence-corrected chi connectivity index (χ0v) is 13.7. The second-order valence-electron chi connectivity index (χ2n) is 4.18. The Morgan fingerprint density at radius 1 is 1.45 bits per heavy atom. The van der Waals surface area contributed by atoms with Crippen molar-refractivity contribution in [3.05, 3.63) is 71.8 Å². The van der Waals surface area contributed by atoms with Crippen LogP contribution in [0.15, 0.2) is 66.3 Å². The summed E-state index contributed by atoms with van der Waals surface area (Å²) in [6.07, 6.45) is 9.02. The molecule has 1 aromatic carbocycles. The van der Waals surface area contributed by atoms with E-state index < -0.39 is 11.0 Å². The molecular formula is C16H16BrNOS. The van der Waals surface area contributed by atoms with Crippen LogP contribution in [0.2, 0.25) is 0 Å². The topological polar surface area (TPSA) is 22.0 Å². The lowest BCUT2D eigenvalue weighted by atomic mass is 10.1. The highest BCUT2D eigenvalue weighted by Crippen LogP contribution is 2.24. The minimum Gasteiger partial charge on any atom is -0.263 e. The normalized spacial score (nSPS) is 14.0. The largest absolute Gasteiger partial charge is 0.263 e. The highest BCUT2D eigenvalue weighted by Gasteiger charge is 2.11. The van der Waals surface area contributed by atoms with Gasteiger partial charge >= 0.3 is 0 Å². The molecule has 0 aliphatic rings. The van der Waals surface area contributed by atoms with Crippen molar-refractivity contribution in [2.45, 2.75) is 12.3 Å². The van der Waals surface area contributed by atoms with Gasteiger partial charge in [-0.2, -0.15) is 0 Å². The Morgan fingerprint density at radius 3 is 2.90 bits per heavy atom. The lowest BCUT2D eigenvalue weighted by molar-refractivity contribution is 0.683. The summed E-state index contributed by atoms with van der Waals surface area (Å²) in [5.41, 5.74) is 2.17. The maximum absolute atomic E-state index is 12.7. The van der Waals surface area contributed by atoms with Crippen molar-refractivity contribution in [1.29, 1.82) is 0 Å². The van der Waals surface area contributed by atoms with Gasteiger partial charge < -0.3 is 0 Å². The van der Waals surface area contributed by atoms with Crippen molar-refractivity contribution >= 4 is 37.8 Å². The first-order valence-electron chi connectivity index (χ1n) is 6.25. The van der Waals surface area contributed by atoms with Crippen molar-refractivity contribution in [3.63, 3.8) is 0 Å². The summed E-state index contributed by atoms with van der Waals surface area (Å²) in [6, 6.07) is 8.04. The van der Waals surface area contributed by atoms with Gasteiger partial charge in [-0.05, 0) is 36.8 Å². The summed E-state index contributed by atoms with van der Waals surface area (Å²) in [6.45, 7) is 5.58. The average molecular weight is 350 g/mol. The highest BCUT2D eigenvalue weighted by atomic mass is 79.9. The molecule has 1 aromatic heterocycles. The molecule has 0 bridgehead atoms. The summed E-state index contributed by atoms with van der Waals surface area (Å²) >= 11 is 3.48. The molecule has 104 valence electrons. The quantitative estimate of drug-likeness (QED) is 0.566. The van der Waals surface area contributed by atoms with Crippen LogP contribution < -0.4 is 0 Å². The minimum atomic E-state index is -1.27. The first kappa shape index (κ1) is 15.0. The van der Waals surface area contributed by atoms with Crippen molar-refractivity contribution in [1.82, 2.24) is 3.97 Å². The number of nitrogens with zero attached hydrogens (tertiary/aromatic N) is 1. The van der Waals surface area contributed by atoms with E-state index in [-0.39, 0.29) is 0 Å². The molecule has 0 saturated heterocycles. The third-order valence-electron chi connectivity index (χ3n) is 2.92. The second-order valence-corrected chi connectivity index (χ2v) is 6.10. The molecule has 4 heteroatoms. The maximum Gasteiger partial charge on any atom is 0.157 e. The standard InChI is InChI=1S/C16H16BrNOS/c1-3-6-14(7-4-2)20(19)18-11-10-15-13(12-17)8-5-9-16(15)18/h3-11H,1,12H2,2H3/b7-4-,14-6+. The predicted octanol–water partition coefficient (Wildman–Crippen LogP) is 4.69. The fourth-order valence-electron chi connectivity index (χ4n) is 2.03. The number of hydrogen-bond donors (Lipinski definition) is 0. The minimum absolute atomic E-state index is 0.726. The van der Waals surface area contributed by atoms with Gasteiger partial charge in [0.25, 0.3) is 0 Å². The van der Waals surface area contributed by atoms with Crippen molar-refractivity contribution in [2.75, 3.05) is 0 Å². The van der Waals surface area contributed by atoms with Crippen LogP contribution in [0.5, 0.6) is 0 Å². The molecule has 0 aliphatic carbocycles. The number of rotatable bonds is 5. The van der Waals surface area contributed by atoms with Gasteiger partial charge in [-0.25, -0.2) is 4.21 Å². The number of allylic oxidation sites excluding steroid dienone is 4. The number of benzene rings is 1. The zero-order valence-electron chi connectivity index (χ0n) is 11.3. The van der Waals surface area contributed by atoms with Crippen molar-refractivity contribution in [2.24, 2.45) is 0 Å². The van der Waals surface area contributed by atoms with Crippen molar-refractivity contribution < 1.29 is 4.21 Å². The monoisotopic (exact) mass is 349 g/mol. The molecule has 1 heterocycles. The summed E-state index contributed by atoms with van der Waals surface area (Å²) in [5, 5.41) is 1.90. The highest BCUT2D eigenvalue weighted by molar-refractivity contribution is 9.08. The van der Waals surface area contributed by atoms with E-state index in [1.165, 1.54) is 5.56 Å². The van der Waals surface area contributed by atoms with E-state index in [1.54, 1.807) is 16.1 Å². The third kappa shape index (κ3) is 2.86. The molecule has 0 radical (unpaired) electrons. The molecule has 0 N–H and O–H groups in total. The Bertz CT molecular complexity index is 712. The van der Waals surface area contributed by atoms with Crippen LogP contribution in [0.25, 0.3) is 10.9 Å². The molecule has 1 atom stereocenters. The Labute approximate surface area is 130 Å². The Hall–Kier alpha value is -1.39. The Kier molecular flexibility index (Phi) is 5.15. The molecule has 0 amide bonds. The van der Waals surface area contributed by atoms with Crippen LogP contribution in [0.3, 0.4) is 0 Å². The summed E-state index contributed by atoms with van der Waals surface area (Å²) in [4.78, 5) is 0.726. The van der Waals surface area contributed by atoms with E-state index in [0.29, 0.717) is 0 Å². The van der Waals surface area contributed by atoms with E-state index in [9.17, 15) is 4.21 Å². The van der Waals surface area contributed by atoms with Crippen LogP contribution in [0, 0.1) is 0 Å². The lowest BCUT2D eigenvalue weighted by Gasteiger charge is -2.06. The summed E-state index contributed by atoms with van der Waals surface area (Å²) in [5.74, 6) is 0. The Balaban J connectivity index is 2.56. The van der Waals surface area contributed by atoms with Crippen LogP contribution in [-0.2, 0) is 16.3 Å². The molecule has 0 saturated carbocycles. The van der Waals surface area contributed by atoms with Crippen LogP contribution in [-0.4, -0.2) is 8.18 Å². The zero-order chi connectivity index (χ0) is 14.5.